The summed E-state index contributed by atoms with van der Waals surface area (Å²) < 4.78 is 5.34. The first kappa shape index (κ1) is 16.8. The van der Waals surface area contributed by atoms with Crippen LogP contribution in [0.2, 0.25) is 5.02 Å². The summed E-state index contributed by atoms with van der Waals surface area (Å²) in [5.74, 6) is 0.358. The lowest BCUT2D eigenvalue weighted by Gasteiger charge is -2.16. The Kier molecular flexibility index (Phi) is 4.49. The number of nitrogens with two attached hydrogens (primary N) is 1. The molecule has 1 aliphatic rings. The molecule has 1 amide bonds. The van der Waals surface area contributed by atoms with Crippen molar-refractivity contribution in [3.05, 3.63) is 76.9 Å². The van der Waals surface area contributed by atoms with E-state index in [2.05, 4.69) is 5.16 Å². The molecule has 0 bridgehead atoms. The maximum Gasteiger partial charge on any atom is 0.259 e. The molecule has 26 heavy (non-hydrogen) atoms. The van der Waals surface area contributed by atoms with Crippen molar-refractivity contribution in [2.75, 3.05) is 13.1 Å². The van der Waals surface area contributed by atoms with E-state index in [1.54, 1.807) is 11.0 Å². The zero-order valence-electron chi connectivity index (χ0n) is 14.0. The van der Waals surface area contributed by atoms with Crippen LogP contribution in [-0.4, -0.2) is 35.1 Å². The standard InChI is InChI=1S/C20H18ClN3O2/c21-17-9-5-4-8-14(17)19-15(10-23-26-19)20(25)24-11-16(18(22)12-24)13-6-2-1-3-7-13/h1-10,16,18H,11-12,22H2/t16-,18+/m0/s1. The average Bonchev–Trinajstić information content (AvgIpc) is 3.29. The third-order valence-corrected chi connectivity index (χ3v) is 5.13. The fourth-order valence-corrected chi connectivity index (χ4v) is 3.67. The Balaban J connectivity index is 1.60. The van der Waals surface area contributed by atoms with Gasteiger partial charge in [0.05, 0.1) is 11.2 Å². The largest absolute Gasteiger partial charge is 0.355 e. The molecule has 4 rings (SSSR count). The normalized spacial score (nSPS) is 19.7. The molecule has 132 valence electrons. The monoisotopic (exact) mass is 367 g/mol. The molecule has 6 heteroatoms. The van der Waals surface area contributed by atoms with Gasteiger partial charge in [0.2, 0.25) is 0 Å². The molecule has 1 aliphatic heterocycles. The van der Waals surface area contributed by atoms with Gasteiger partial charge in [0, 0.05) is 30.6 Å². The lowest BCUT2D eigenvalue weighted by atomic mass is 9.95. The van der Waals surface area contributed by atoms with Crippen molar-refractivity contribution in [3.63, 3.8) is 0 Å². The molecule has 5 nitrogen and oxygen atoms in total. The van der Waals surface area contributed by atoms with Crippen LogP contribution in [0, 0.1) is 0 Å². The number of nitrogens with zero attached hydrogens (tertiary/aromatic N) is 2. The Morgan fingerprint density at radius 3 is 2.62 bits per heavy atom. The molecule has 1 fully saturated rings. The first-order valence-electron chi connectivity index (χ1n) is 8.44. The lowest BCUT2D eigenvalue weighted by molar-refractivity contribution is 0.0789. The third kappa shape index (κ3) is 3.00. The molecule has 0 spiro atoms. The molecule has 2 N–H and O–H groups in total. The highest BCUT2D eigenvalue weighted by Crippen LogP contribution is 2.33. The van der Waals surface area contributed by atoms with Gasteiger partial charge < -0.3 is 15.2 Å². The Labute approximate surface area is 156 Å². The van der Waals surface area contributed by atoms with Gasteiger partial charge in [-0.05, 0) is 17.7 Å². The Morgan fingerprint density at radius 2 is 1.85 bits per heavy atom. The fourth-order valence-electron chi connectivity index (χ4n) is 3.45. The number of likely N-dealkylation sites (tertiary alicyclic amines) is 1. The van der Waals surface area contributed by atoms with E-state index in [0.717, 1.165) is 5.56 Å². The van der Waals surface area contributed by atoms with E-state index in [0.29, 0.717) is 35.0 Å². The van der Waals surface area contributed by atoms with E-state index in [1.807, 2.05) is 48.5 Å². The highest BCUT2D eigenvalue weighted by atomic mass is 35.5. The van der Waals surface area contributed by atoms with Gasteiger partial charge in [0.15, 0.2) is 5.76 Å². The summed E-state index contributed by atoms with van der Waals surface area (Å²) in [5.41, 5.74) is 8.51. The molecule has 3 aromatic rings. The van der Waals surface area contributed by atoms with Crippen molar-refractivity contribution in [3.8, 4) is 11.3 Å². The van der Waals surface area contributed by atoms with Crippen molar-refractivity contribution in [1.29, 1.82) is 0 Å². The van der Waals surface area contributed by atoms with E-state index < -0.39 is 0 Å². The number of hydrogen-bond acceptors (Lipinski definition) is 4. The molecular weight excluding hydrogens is 350 g/mol. The highest BCUT2D eigenvalue weighted by molar-refractivity contribution is 6.33. The zero-order chi connectivity index (χ0) is 18.1. The van der Waals surface area contributed by atoms with Crippen LogP contribution in [0.1, 0.15) is 21.8 Å². The second-order valence-corrected chi connectivity index (χ2v) is 6.85. The van der Waals surface area contributed by atoms with E-state index in [-0.39, 0.29) is 17.9 Å². The number of benzene rings is 2. The van der Waals surface area contributed by atoms with Gasteiger partial charge in [-0.25, -0.2) is 0 Å². The molecular formula is C20H18ClN3O2. The van der Waals surface area contributed by atoms with Crippen LogP contribution >= 0.6 is 11.6 Å². The molecule has 1 saturated heterocycles. The number of rotatable bonds is 3. The minimum absolute atomic E-state index is 0.107. The van der Waals surface area contributed by atoms with Crippen LogP contribution < -0.4 is 5.73 Å². The van der Waals surface area contributed by atoms with E-state index >= 15 is 0 Å². The van der Waals surface area contributed by atoms with Crippen LogP contribution in [0.4, 0.5) is 0 Å². The smallest absolute Gasteiger partial charge is 0.259 e. The molecule has 1 aromatic heterocycles. The van der Waals surface area contributed by atoms with Gasteiger partial charge in [0.1, 0.15) is 5.56 Å². The van der Waals surface area contributed by atoms with Gasteiger partial charge in [-0.3, -0.25) is 4.79 Å². The Hall–Kier alpha value is -2.63. The minimum Gasteiger partial charge on any atom is -0.355 e. The van der Waals surface area contributed by atoms with Crippen LogP contribution in [0.3, 0.4) is 0 Å². The number of amides is 1. The highest BCUT2D eigenvalue weighted by Gasteiger charge is 2.35. The summed E-state index contributed by atoms with van der Waals surface area (Å²) in [5, 5.41) is 4.33. The molecule has 2 aromatic carbocycles. The number of halogens is 1. The van der Waals surface area contributed by atoms with Crippen molar-refractivity contribution >= 4 is 17.5 Å². The number of aromatic nitrogens is 1. The third-order valence-electron chi connectivity index (χ3n) is 4.80. The topological polar surface area (TPSA) is 72.4 Å². The Bertz CT molecular complexity index is 926. The number of carbonyl (C=O) groups excluding carboxylic acids is 1. The molecule has 0 unspecified atom stereocenters. The van der Waals surface area contributed by atoms with Crippen molar-refractivity contribution < 1.29 is 9.32 Å². The quantitative estimate of drug-likeness (QED) is 0.768. The predicted molar refractivity (Wildman–Crippen MR) is 100 cm³/mol. The predicted octanol–water partition coefficient (Wildman–Crippen LogP) is 3.56. The van der Waals surface area contributed by atoms with Crippen LogP contribution in [0.5, 0.6) is 0 Å². The molecule has 0 radical (unpaired) electrons. The van der Waals surface area contributed by atoms with Gasteiger partial charge in [0.25, 0.3) is 5.91 Å². The summed E-state index contributed by atoms with van der Waals surface area (Å²) in [6.45, 7) is 1.06. The first-order valence-corrected chi connectivity index (χ1v) is 8.82. The van der Waals surface area contributed by atoms with Gasteiger partial charge >= 0.3 is 0 Å². The van der Waals surface area contributed by atoms with Crippen molar-refractivity contribution in [1.82, 2.24) is 10.1 Å². The summed E-state index contributed by atoms with van der Waals surface area (Å²) in [4.78, 5) is 14.8. The SMILES string of the molecule is N[C@@H]1CN(C(=O)c2cnoc2-c2ccccc2Cl)C[C@H]1c1ccccc1. The molecule has 0 aliphatic carbocycles. The fraction of sp³-hybridized carbons (Fsp3) is 0.200. The first-order chi connectivity index (χ1) is 12.6. The van der Waals surface area contributed by atoms with E-state index in [1.165, 1.54) is 6.20 Å². The van der Waals surface area contributed by atoms with Crippen LogP contribution in [0.25, 0.3) is 11.3 Å². The average molecular weight is 368 g/mol. The van der Waals surface area contributed by atoms with Crippen LogP contribution in [0.15, 0.2) is 65.3 Å². The molecule has 2 heterocycles. The minimum atomic E-state index is -0.143. The summed E-state index contributed by atoms with van der Waals surface area (Å²) >= 11 is 6.25. The van der Waals surface area contributed by atoms with Gasteiger partial charge in [-0.2, -0.15) is 0 Å². The number of hydrogen-bond donors (Lipinski definition) is 1. The molecule has 2 atom stereocenters. The molecule has 0 saturated carbocycles. The summed E-state index contributed by atoms with van der Waals surface area (Å²) in [6, 6.07) is 17.2. The summed E-state index contributed by atoms with van der Waals surface area (Å²) in [6.07, 6.45) is 1.45. The maximum atomic E-state index is 13.1. The van der Waals surface area contributed by atoms with E-state index in [4.69, 9.17) is 21.9 Å². The van der Waals surface area contributed by atoms with Crippen LogP contribution in [-0.2, 0) is 0 Å². The van der Waals surface area contributed by atoms with Crippen molar-refractivity contribution in [2.45, 2.75) is 12.0 Å². The van der Waals surface area contributed by atoms with Crippen molar-refractivity contribution in [2.24, 2.45) is 5.73 Å². The second-order valence-electron chi connectivity index (χ2n) is 6.44. The lowest BCUT2D eigenvalue weighted by Crippen LogP contribution is -2.32. The van der Waals surface area contributed by atoms with Gasteiger partial charge in [-0.1, -0.05) is 59.2 Å². The number of carbonyl (C=O) groups is 1. The zero-order valence-corrected chi connectivity index (χ0v) is 14.8. The Morgan fingerprint density at radius 1 is 1.12 bits per heavy atom. The van der Waals surface area contributed by atoms with Gasteiger partial charge in [-0.15, -0.1) is 0 Å². The summed E-state index contributed by atoms with van der Waals surface area (Å²) in [7, 11) is 0. The maximum absolute atomic E-state index is 13.1. The van der Waals surface area contributed by atoms with E-state index in [9.17, 15) is 4.79 Å². The second kappa shape index (κ2) is 6.94.